The number of para-hydroxylation sites is 2. The number of rotatable bonds is 10. The molecule has 0 aromatic heterocycles. The fraction of sp³-hybridized carbons (Fsp3) is 0.562. The minimum atomic E-state index is 0.0425. The fourth-order valence-corrected chi connectivity index (χ4v) is 1.81. The van der Waals surface area contributed by atoms with Gasteiger partial charge in [-0.1, -0.05) is 12.1 Å². The second-order valence-corrected chi connectivity index (χ2v) is 5.04. The molecule has 118 valence electrons. The highest BCUT2D eigenvalue weighted by Crippen LogP contribution is 2.24. The van der Waals surface area contributed by atoms with Gasteiger partial charge >= 0.3 is 0 Å². The monoisotopic (exact) mass is 294 g/mol. The molecule has 0 aliphatic carbocycles. The molecule has 1 aromatic carbocycles. The van der Waals surface area contributed by atoms with Crippen molar-refractivity contribution in [2.45, 2.75) is 32.8 Å². The van der Waals surface area contributed by atoms with E-state index in [0.717, 1.165) is 17.9 Å². The van der Waals surface area contributed by atoms with Gasteiger partial charge in [-0.3, -0.25) is 4.79 Å². The van der Waals surface area contributed by atoms with E-state index in [0.29, 0.717) is 26.1 Å². The van der Waals surface area contributed by atoms with E-state index in [1.807, 2.05) is 38.1 Å². The summed E-state index contributed by atoms with van der Waals surface area (Å²) in [5.74, 6) is 0.855. The van der Waals surface area contributed by atoms with E-state index in [1.54, 1.807) is 7.11 Å². The quantitative estimate of drug-likeness (QED) is 0.651. The van der Waals surface area contributed by atoms with Gasteiger partial charge in [-0.2, -0.15) is 0 Å². The zero-order chi connectivity index (χ0) is 15.5. The summed E-state index contributed by atoms with van der Waals surface area (Å²) in [6.07, 6.45) is 1.39. The maximum atomic E-state index is 11.6. The summed E-state index contributed by atoms with van der Waals surface area (Å²) in [6.45, 7) is 5.88. The third-order valence-electron chi connectivity index (χ3n) is 2.76. The van der Waals surface area contributed by atoms with Crippen LogP contribution in [0.3, 0.4) is 0 Å². The number of methoxy groups -OCH3 is 1. The van der Waals surface area contributed by atoms with Gasteiger partial charge in [0, 0.05) is 33.2 Å². The Morgan fingerprint density at radius 1 is 1.24 bits per heavy atom. The van der Waals surface area contributed by atoms with Crippen LogP contribution in [-0.4, -0.2) is 38.8 Å². The predicted molar refractivity (Wildman–Crippen MR) is 84.8 cm³/mol. The molecule has 1 amide bonds. The van der Waals surface area contributed by atoms with Crippen LogP contribution in [0.4, 0.5) is 5.69 Å². The number of hydrogen-bond acceptors (Lipinski definition) is 4. The van der Waals surface area contributed by atoms with Crippen molar-refractivity contribution in [3.63, 3.8) is 0 Å². The van der Waals surface area contributed by atoms with Gasteiger partial charge in [-0.05, 0) is 32.4 Å². The molecule has 0 saturated heterocycles. The lowest BCUT2D eigenvalue weighted by molar-refractivity contribution is -0.120. The Morgan fingerprint density at radius 3 is 2.71 bits per heavy atom. The molecule has 0 radical (unpaired) electrons. The van der Waals surface area contributed by atoms with Crippen LogP contribution in [0.15, 0.2) is 24.3 Å². The maximum Gasteiger partial charge on any atom is 0.221 e. The van der Waals surface area contributed by atoms with Gasteiger partial charge in [0.1, 0.15) is 5.75 Å². The van der Waals surface area contributed by atoms with Gasteiger partial charge < -0.3 is 20.1 Å². The van der Waals surface area contributed by atoms with Gasteiger partial charge in [0.2, 0.25) is 5.91 Å². The topological polar surface area (TPSA) is 59.6 Å². The first-order chi connectivity index (χ1) is 10.1. The zero-order valence-electron chi connectivity index (χ0n) is 13.1. The van der Waals surface area contributed by atoms with Gasteiger partial charge in [0.15, 0.2) is 0 Å². The van der Waals surface area contributed by atoms with E-state index >= 15 is 0 Å². The van der Waals surface area contributed by atoms with E-state index in [4.69, 9.17) is 9.47 Å². The van der Waals surface area contributed by atoms with E-state index in [-0.39, 0.29) is 12.0 Å². The Kier molecular flexibility index (Phi) is 8.28. The number of anilines is 1. The Labute approximate surface area is 127 Å². The minimum Gasteiger partial charge on any atom is -0.489 e. The molecule has 1 aromatic rings. The molecule has 5 heteroatoms. The molecular weight excluding hydrogens is 268 g/mol. The van der Waals surface area contributed by atoms with Crippen molar-refractivity contribution in [2.75, 3.05) is 32.1 Å². The molecule has 21 heavy (non-hydrogen) atoms. The molecule has 0 aliphatic heterocycles. The summed E-state index contributed by atoms with van der Waals surface area (Å²) in [7, 11) is 1.66. The summed E-state index contributed by atoms with van der Waals surface area (Å²) in [5, 5.41) is 6.10. The van der Waals surface area contributed by atoms with Crippen LogP contribution in [0.1, 0.15) is 26.7 Å². The van der Waals surface area contributed by atoms with Gasteiger partial charge in [0.25, 0.3) is 0 Å². The normalized spacial score (nSPS) is 10.5. The highest BCUT2D eigenvalue weighted by Gasteiger charge is 2.05. The number of amides is 1. The predicted octanol–water partition coefficient (Wildman–Crippen LogP) is 2.43. The van der Waals surface area contributed by atoms with Crippen LogP contribution in [0.2, 0.25) is 0 Å². The molecule has 0 unspecified atom stereocenters. The average molecular weight is 294 g/mol. The zero-order valence-corrected chi connectivity index (χ0v) is 13.1. The largest absolute Gasteiger partial charge is 0.489 e. The Balaban J connectivity index is 2.30. The van der Waals surface area contributed by atoms with Gasteiger partial charge in [0.05, 0.1) is 11.8 Å². The molecule has 0 spiro atoms. The number of carbonyl (C=O) groups excluding carboxylic acids is 1. The van der Waals surface area contributed by atoms with Gasteiger partial charge in [-0.15, -0.1) is 0 Å². The molecule has 0 aliphatic rings. The van der Waals surface area contributed by atoms with Crippen molar-refractivity contribution < 1.29 is 14.3 Å². The number of carbonyl (C=O) groups is 1. The first-order valence-corrected chi connectivity index (χ1v) is 7.38. The summed E-state index contributed by atoms with van der Waals surface area (Å²) < 4.78 is 10.6. The van der Waals surface area contributed by atoms with Crippen LogP contribution in [0.25, 0.3) is 0 Å². The van der Waals surface area contributed by atoms with Crippen LogP contribution in [0, 0.1) is 0 Å². The summed E-state index contributed by atoms with van der Waals surface area (Å²) in [6, 6.07) is 7.76. The van der Waals surface area contributed by atoms with Crippen molar-refractivity contribution in [2.24, 2.45) is 0 Å². The number of hydrogen-bond donors (Lipinski definition) is 2. The van der Waals surface area contributed by atoms with Crippen LogP contribution >= 0.6 is 0 Å². The van der Waals surface area contributed by atoms with Crippen LogP contribution in [0.5, 0.6) is 5.75 Å². The number of benzene rings is 1. The molecule has 0 heterocycles. The maximum absolute atomic E-state index is 11.6. The van der Waals surface area contributed by atoms with E-state index in [1.165, 1.54) is 0 Å². The van der Waals surface area contributed by atoms with Gasteiger partial charge in [-0.25, -0.2) is 0 Å². The van der Waals surface area contributed by atoms with E-state index in [2.05, 4.69) is 10.6 Å². The van der Waals surface area contributed by atoms with Crippen LogP contribution in [-0.2, 0) is 9.53 Å². The molecular formula is C16H26N2O3. The summed E-state index contributed by atoms with van der Waals surface area (Å²) in [4.78, 5) is 11.6. The molecule has 5 nitrogen and oxygen atoms in total. The Morgan fingerprint density at radius 2 is 2.00 bits per heavy atom. The first kappa shape index (κ1) is 17.3. The molecule has 2 N–H and O–H groups in total. The van der Waals surface area contributed by atoms with E-state index < -0.39 is 0 Å². The van der Waals surface area contributed by atoms with Crippen molar-refractivity contribution in [3.8, 4) is 5.75 Å². The van der Waals surface area contributed by atoms with Crippen LogP contribution < -0.4 is 15.4 Å². The lowest BCUT2D eigenvalue weighted by Gasteiger charge is -2.15. The second kappa shape index (κ2) is 10.0. The molecule has 1 rings (SSSR count). The first-order valence-electron chi connectivity index (χ1n) is 7.38. The third-order valence-corrected chi connectivity index (χ3v) is 2.76. The Bertz CT molecular complexity index is 422. The molecule has 0 saturated carbocycles. The SMILES string of the molecule is COCCCNC(=O)CCNc1ccccc1OC(C)C. The lowest BCUT2D eigenvalue weighted by atomic mass is 10.2. The van der Waals surface area contributed by atoms with Crippen molar-refractivity contribution in [3.05, 3.63) is 24.3 Å². The molecule has 0 fully saturated rings. The number of nitrogens with one attached hydrogen (secondary N) is 2. The minimum absolute atomic E-state index is 0.0425. The number of ether oxygens (including phenoxy) is 2. The summed E-state index contributed by atoms with van der Waals surface area (Å²) in [5.41, 5.74) is 0.915. The smallest absolute Gasteiger partial charge is 0.221 e. The highest BCUT2D eigenvalue weighted by atomic mass is 16.5. The van der Waals surface area contributed by atoms with Crippen molar-refractivity contribution >= 4 is 11.6 Å². The lowest BCUT2D eigenvalue weighted by Crippen LogP contribution is -2.27. The fourth-order valence-electron chi connectivity index (χ4n) is 1.81. The molecule has 0 bridgehead atoms. The standard InChI is InChI=1S/C16H26N2O3/c1-13(2)21-15-8-5-4-7-14(15)17-11-9-16(19)18-10-6-12-20-3/h4-5,7-8,13,17H,6,9-12H2,1-3H3,(H,18,19). The second-order valence-electron chi connectivity index (χ2n) is 5.04. The summed E-state index contributed by atoms with van der Waals surface area (Å²) >= 11 is 0. The third kappa shape index (κ3) is 7.56. The average Bonchev–Trinajstić information content (AvgIpc) is 2.45. The molecule has 0 atom stereocenters. The highest BCUT2D eigenvalue weighted by molar-refractivity contribution is 5.76. The van der Waals surface area contributed by atoms with E-state index in [9.17, 15) is 4.79 Å². The Hall–Kier alpha value is -1.75. The van der Waals surface area contributed by atoms with Crippen molar-refractivity contribution in [1.82, 2.24) is 5.32 Å². The van der Waals surface area contributed by atoms with Crippen molar-refractivity contribution in [1.29, 1.82) is 0 Å².